The molecule has 0 heterocycles. The maximum Gasteiger partial charge on any atom is 0.0837 e. The predicted molar refractivity (Wildman–Crippen MR) is 49.1 cm³/mol. The zero-order valence-electron chi connectivity index (χ0n) is 7.59. The molecule has 0 fully saturated rings. The van der Waals surface area contributed by atoms with Crippen molar-refractivity contribution in [3.63, 3.8) is 0 Å². The van der Waals surface area contributed by atoms with E-state index < -0.39 is 0 Å². The molecule has 0 atom stereocenters. The van der Waals surface area contributed by atoms with Crippen LogP contribution in [0.15, 0.2) is 22.8 Å². The van der Waals surface area contributed by atoms with Gasteiger partial charge in [-0.2, -0.15) is 6.08 Å². The van der Waals surface area contributed by atoms with Crippen molar-refractivity contribution in [2.24, 2.45) is 16.6 Å². The fourth-order valence-corrected chi connectivity index (χ4v) is 0.639. The van der Waals surface area contributed by atoms with E-state index in [2.05, 4.69) is 24.9 Å². The van der Waals surface area contributed by atoms with Crippen molar-refractivity contribution in [3.8, 4) is 0 Å². The summed E-state index contributed by atoms with van der Waals surface area (Å²) in [6.45, 7) is 5.99. The van der Waals surface area contributed by atoms with Crippen molar-refractivity contribution in [1.82, 2.24) is 0 Å². The van der Waals surface area contributed by atoms with Gasteiger partial charge in [0.15, 0.2) is 0 Å². The van der Waals surface area contributed by atoms with Crippen molar-refractivity contribution >= 4 is 6.34 Å². The maximum atomic E-state index is 5.17. The second-order valence-electron chi connectivity index (χ2n) is 2.48. The van der Waals surface area contributed by atoms with Gasteiger partial charge in [-0.15, -0.1) is 6.92 Å². The summed E-state index contributed by atoms with van der Waals surface area (Å²) in [7, 11) is 0. The fraction of sp³-hybridized carbons (Fsp3) is 0.444. The van der Waals surface area contributed by atoms with Gasteiger partial charge in [0.1, 0.15) is 0 Å². The van der Waals surface area contributed by atoms with Crippen molar-refractivity contribution < 1.29 is 0 Å². The molecule has 0 saturated carbocycles. The van der Waals surface area contributed by atoms with Crippen LogP contribution in [0.2, 0.25) is 0 Å². The standard InChI is InChI=1S/C9H15N2.Lr/c1-4-5-6-9(8(2)3)11-7-10;/h5-8H,1-3H3,(H2,10,11);/q-1;/b9-6-;. The second kappa shape index (κ2) is 7.06. The molecule has 0 spiro atoms. The fourth-order valence-electron chi connectivity index (χ4n) is 0.639. The maximum absolute atomic E-state index is 5.17. The van der Waals surface area contributed by atoms with Crippen LogP contribution in [0.1, 0.15) is 20.8 Å². The van der Waals surface area contributed by atoms with Crippen LogP contribution in [0.3, 0.4) is 0 Å². The Kier molecular flexibility index (Phi) is 7.42. The van der Waals surface area contributed by atoms with Crippen LogP contribution in [-0.2, 0) is 0 Å². The topological polar surface area (TPSA) is 38.4 Å². The van der Waals surface area contributed by atoms with E-state index >= 15 is 0 Å². The molecule has 0 rings (SSSR count). The first-order valence-corrected chi connectivity index (χ1v) is 3.67. The predicted octanol–water partition coefficient (Wildman–Crippen LogP) is 1.89. The minimum absolute atomic E-state index is 0. The number of hydrogen-bond donors (Lipinski definition) is 1. The Morgan fingerprint density at radius 2 is 2.08 bits per heavy atom. The smallest absolute Gasteiger partial charge is 0.0837 e. The van der Waals surface area contributed by atoms with Gasteiger partial charge in [-0.3, -0.25) is 11.1 Å². The minimum Gasteiger partial charge on any atom is -0.390 e. The van der Waals surface area contributed by atoms with E-state index in [4.69, 9.17) is 5.73 Å². The van der Waals surface area contributed by atoms with E-state index in [1.807, 2.05) is 19.1 Å². The molecule has 2 nitrogen and oxygen atoms in total. The summed E-state index contributed by atoms with van der Waals surface area (Å²) in [5.41, 5.74) is 6.15. The summed E-state index contributed by atoms with van der Waals surface area (Å²) in [6, 6.07) is 0. The number of aliphatic imine (C=N–C) groups is 1. The van der Waals surface area contributed by atoms with Crippen LogP contribution in [0, 0.1) is 12.0 Å². The molecular weight excluding hydrogens is 398 g/mol. The van der Waals surface area contributed by atoms with E-state index in [0.29, 0.717) is 5.92 Å². The van der Waals surface area contributed by atoms with Crippen molar-refractivity contribution in [3.05, 3.63) is 23.9 Å². The average Bonchev–Trinajstić information content (AvgIpc) is 1.97. The molecule has 12 heavy (non-hydrogen) atoms. The van der Waals surface area contributed by atoms with E-state index in [9.17, 15) is 0 Å². The molecule has 0 bridgehead atoms. The molecule has 0 aliphatic rings. The Bertz CT molecular complexity index is 181. The summed E-state index contributed by atoms with van der Waals surface area (Å²) in [5.74, 6) is 0.402. The number of allylic oxidation sites excluding steroid dienone is 4. The first-order valence-electron chi connectivity index (χ1n) is 3.67. The van der Waals surface area contributed by atoms with Crippen LogP contribution in [0.25, 0.3) is 0 Å². The van der Waals surface area contributed by atoms with Gasteiger partial charge < -0.3 is 5.73 Å². The van der Waals surface area contributed by atoms with E-state index in [0.717, 1.165) is 5.70 Å². The van der Waals surface area contributed by atoms with Gasteiger partial charge in [-0.05, 0) is 11.6 Å². The Balaban J connectivity index is 0. The summed E-state index contributed by atoms with van der Waals surface area (Å²) in [5, 5.41) is 0. The van der Waals surface area contributed by atoms with Gasteiger partial charge in [-0.1, -0.05) is 13.8 Å². The van der Waals surface area contributed by atoms with Gasteiger partial charge in [0.2, 0.25) is 0 Å². The first-order chi connectivity index (χ1) is 5.22. The monoisotopic (exact) mass is 413 g/mol. The molecule has 0 aliphatic heterocycles. The minimum atomic E-state index is 0. The Morgan fingerprint density at radius 1 is 1.50 bits per heavy atom. The van der Waals surface area contributed by atoms with Crippen LogP contribution >= 0.6 is 0 Å². The van der Waals surface area contributed by atoms with Crippen molar-refractivity contribution in [2.75, 3.05) is 0 Å². The van der Waals surface area contributed by atoms with Crippen LogP contribution in [0.5, 0.6) is 0 Å². The van der Waals surface area contributed by atoms with Gasteiger partial charge in [0, 0.05) is 0 Å². The third-order valence-electron chi connectivity index (χ3n) is 1.24. The largest absolute Gasteiger partial charge is 0.390 e. The number of nitrogens with zero attached hydrogens (tertiary/aromatic N) is 1. The first kappa shape index (κ1) is 12.6. The molecule has 0 saturated heterocycles. The van der Waals surface area contributed by atoms with Gasteiger partial charge in [-0.25, -0.2) is 6.08 Å². The van der Waals surface area contributed by atoms with Gasteiger partial charge in [0.05, 0.1) is 6.34 Å². The number of rotatable bonds is 3. The van der Waals surface area contributed by atoms with Crippen molar-refractivity contribution in [1.29, 1.82) is 0 Å². The third-order valence-corrected chi connectivity index (χ3v) is 1.24. The molecule has 0 aromatic carbocycles. The van der Waals surface area contributed by atoms with E-state index in [1.54, 1.807) is 0 Å². The molecule has 1 radical (unpaired) electrons. The van der Waals surface area contributed by atoms with Gasteiger partial charge >= 0.3 is 0 Å². The summed E-state index contributed by atoms with van der Waals surface area (Å²) >= 11 is 0. The molecule has 0 aromatic heterocycles. The molecular formula is C9H15LrN2-. The molecule has 3 heteroatoms. The average molecular weight is 413 g/mol. The molecule has 2 N–H and O–H groups in total. The molecule has 77 valence electrons. The van der Waals surface area contributed by atoms with Crippen LogP contribution in [-0.4, -0.2) is 6.34 Å². The molecule has 0 aromatic rings. The second-order valence-corrected chi connectivity index (χ2v) is 2.48. The summed E-state index contributed by atoms with van der Waals surface area (Å²) in [6.07, 6.45) is 7.96. The van der Waals surface area contributed by atoms with Crippen molar-refractivity contribution in [2.45, 2.75) is 20.8 Å². The Morgan fingerprint density at radius 3 is 2.42 bits per heavy atom. The zero-order chi connectivity index (χ0) is 8.69. The molecule has 0 aliphatic carbocycles. The summed E-state index contributed by atoms with van der Waals surface area (Å²) in [4.78, 5) is 4.00. The normalized spacial score (nSPS) is 12.8. The number of hydrogen-bond acceptors (Lipinski definition) is 1. The SMILES string of the molecule is C[C-]=C/C=C(\N=CN)C(C)C.[Lr]. The van der Waals surface area contributed by atoms with E-state index in [-0.39, 0.29) is 0 Å². The quantitative estimate of drug-likeness (QED) is 0.327. The molecule has 0 unspecified atom stereocenters. The Hall–Kier alpha value is -2.05. The number of nitrogens with two attached hydrogens (primary N) is 1. The zero-order valence-corrected chi connectivity index (χ0v) is 9.74. The molecule has 0 amide bonds. The third kappa shape index (κ3) is 4.79. The summed E-state index contributed by atoms with van der Waals surface area (Å²) < 4.78 is 0. The van der Waals surface area contributed by atoms with Crippen LogP contribution < -0.4 is 5.73 Å². The van der Waals surface area contributed by atoms with Gasteiger partial charge in [0.25, 0.3) is 0 Å². The van der Waals surface area contributed by atoms with Crippen LogP contribution in [0.4, 0.5) is 0 Å². The Labute approximate surface area is 68.5 Å². The van der Waals surface area contributed by atoms with E-state index in [1.165, 1.54) is 6.34 Å².